The molecule has 16 heavy (non-hydrogen) atoms. The Balaban J connectivity index is 2.58. The first kappa shape index (κ1) is 13.3. The van der Waals surface area contributed by atoms with E-state index >= 15 is 0 Å². The van der Waals surface area contributed by atoms with Gasteiger partial charge in [0.2, 0.25) is 0 Å². The Kier molecular flexibility index (Phi) is 4.60. The van der Waals surface area contributed by atoms with Crippen LogP contribution in [0.2, 0.25) is 0 Å². The normalized spacial score (nSPS) is 14.1. The Morgan fingerprint density at radius 3 is 2.56 bits per heavy atom. The van der Waals surface area contributed by atoms with Gasteiger partial charge in [-0.15, -0.1) is 0 Å². The molecule has 1 N–H and O–H groups in total. The number of nitrogens with one attached hydrogen (secondary N) is 1. The zero-order chi connectivity index (χ0) is 12.2. The minimum absolute atomic E-state index is 0.414. The summed E-state index contributed by atoms with van der Waals surface area (Å²) >= 11 is 0. The molecule has 0 aliphatic heterocycles. The van der Waals surface area contributed by atoms with E-state index in [1.807, 2.05) is 7.05 Å². The molecule has 1 rings (SSSR count). The predicted molar refractivity (Wildman–Crippen MR) is 70.6 cm³/mol. The molecule has 0 spiro atoms. The Labute approximate surface area is 100 Å². The maximum atomic E-state index is 3.34. The van der Waals surface area contributed by atoms with Crippen molar-refractivity contribution in [2.24, 2.45) is 5.41 Å². The Morgan fingerprint density at radius 1 is 1.38 bits per heavy atom. The van der Waals surface area contributed by atoms with Crippen LogP contribution in [0, 0.1) is 5.41 Å². The monoisotopic (exact) mass is 222 g/mol. The SMILES string of the molecule is CCC(NC)c1ccn(CCC(C)(C)C)c1. The molecule has 0 fully saturated rings. The van der Waals surface area contributed by atoms with Crippen molar-refractivity contribution in [3.63, 3.8) is 0 Å². The first-order valence-electron chi connectivity index (χ1n) is 6.29. The summed E-state index contributed by atoms with van der Waals surface area (Å²) in [5, 5.41) is 3.34. The molecule has 1 atom stereocenters. The van der Waals surface area contributed by atoms with Crippen LogP contribution in [0.1, 0.15) is 52.1 Å². The van der Waals surface area contributed by atoms with Gasteiger partial charge in [-0.3, -0.25) is 0 Å². The summed E-state index contributed by atoms with van der Waals surface area (Å²) in [7, 11) is 2.03. The average molecular weight is 222 g/mol. The number of rotatable bonds is 5. The van der Waals surface area contributed by atoms with E-state index in [9.17, 15) is 0 Å². The van der Waals surface area contributed by atoms with Crippen molar-refractivity contribution >= 4 is 0 Å². The largest absolute Gasteiger partial charge is 0.354 e. The van der Waals surface area contributed by atoms with Gasteiger partial charge in [0.05, 0.1) is 0 Å². The maximum absolute atomic E-state index is 3.34. The van der Waals surface area contributed by atoms with E-state index < -0.39 is 0 Å². The van der Waals surface area contributed by atoms with E-state index in [4.69, 9.17) is 0 Å². The second-order valence-electron chi connectivity index (χ2n) is 5.74. The molecule has 0 saturated carbocycles. The third kappa shape index (κ3) is 4.01. The number of hydrogen-bond donors (Lipinski definition) is 1. The van der Waals surface area contributed by atoms with Gasteiger partial charge in [-0.05, 0) is 36.9 Å². The Bertz CT molecular complexity index is 303. The van der Waals surface area contributed by atoms with Crippen LogP contribution in [0.4, 0.5) is 0 Å². The predicted octanol–water partition coefficient (Wildman–Crippen LogP) is 3.59. The van der Waals surface area contributed by atoms with Gasteiger partial charge in [0.1, 0.15) is 0 Å². The summed E-state index contributed by atoms with van der Waals surface area (Å²) in [5.74, 6) is 0. The van der Waals surface area contributed by atoms with Crippen LogP contribution < -0.4 is 5.32 Å². The van der Waals surface area contributed by atoms with Crippen molar-refractivity contribution in [3.8, 4) is 0 Å². The van der Waals surface area contributed by atoms with E-state index in [0.29, 0.717) is 11.5 Å². The average Bonchev–Trinajstić information content (AvgIpc) is 2.65. The van der Waals surface area contributed by atoms with E-state index in [-0.39, 0.29) is 0 Å². The maximum Gasteiger partial charge on any atom is 0.0329 e. The summed E-state index contributed by atoms with van der Waals surface area (Å²) in [6.45, 7) is 10.2. The highest BCUT2D eigenvalue weighted by Gasteiger charge is 2.11. The third-order valence-corrected chi connectivity index (χ3v) is 3.05. The van der Waals surface area contributed by atoms with Crippen molar-refractivity contribution in [1.82, 2.24) is 9.88 Å². The van der Waals surface area contributed by atoms with Crippen LogP contribution in [-0.2, 0) is 6.54 Å². The van der Waals surface area contributed by atoms with Gasteiger partial charge in [0.15, 0.2) is 0 Å². The number of hydrogen-bond acceptors (Lipinski definition) is 1. The third-order valence-electron chi connectivity index (χ3n) is 3.05. The highest BCUT2D eigenvalue weighted by atomic mass is 14.9. The minimum atomic E-state index is 0.414. The fourth-order valence-electron chi connectivity index (χ4n) is 1.88. The molecule has 0 aliphatic carbocycles. The molecule has 1 unspecified atom stereocenters. The summed E-state index contributed by atoms with van der Waals surface area (Å²) in [5.41, 5.74) is 1.82. The van der Waals surface area contributed by atoms with Gasteiger partial charge in [-0.25, -0.2) is 0 Å². The van der Waals surface area contributed by atoms with Crippen LogP contribution in [-0.4, -0.2) is 11.6 Å². The minimum Gasteiger partial charge on any atom is -0.354 e. The first-order valence-corrected chi connectivity index (χ1v) is 6.29. The summed E-state index contributed by atoms with van der Waals surface area (Å²) in [4.78, 5) is 0. The number of aromatic nitrogens is 1. The smallest absolute Gasteiger partial charge is 0.0329 e. The first-order chi connectivity index (χ1) is 7.46. The molecule has 1 aromatic rings. The zero-order valence-corrected chi connectivity index (χ0v) is 11.4. The van der Waals surface area contributed by atoms with Gasteiger partial charge in [-0.2, -0.15) is 0 Å². The summed E-state index contributed by atoms with van der Waals surface area (Å²) in [6.07, 6.45) is 6.83. The standard InChI is InChI=1S/C14H26N2/c1-6-13(15-5)12-7-9-16(11-12)10-8-14(2,3)4/h7,9,11,13,15H,6,8,10H2,1-5H3. The molecule has 2 heteroatoms. The quantitative estimate of drug-likeness (QED) is 0.805. The van der Waals surface area contributed by atoms with E-state index in [0.717, 1.165) is 13.0 Å². The van der Waals surface area contributed by atoms with E-state index in [2.05, 4.69) is 56.0 Å². The Morgan fingerprint density at radius 2 is 2.06 bits per heavy atom. The van der Waals surface area contributed by atoms with Crippen molar-refractivity contribution in [1.29, 1.82) is 0 Å². The van der Waals surface area contributed by atoms with Crippen LogP contribution in [0.3, 0.4) is 0 Å². The highest BCUT2D eigenvalue weighted by Crippen LogP contribution is 2.21. The van der Waals surface area contributed by atoms with Gasteiger partial charge < -0.3 is 9.88 Å². The molecule has 0 saturated heterocycles. The lowest BCUT2D eigenvalue weighted by molar-refractivity contribution is 0.350. The second kappa shape index (κ2) is 5.53. The van der Waals surface area contributed by atoms with Crippen molar-refractivity contribution in [3.05, 3.63) is 24.0 Å². The summed E-state index contributed by atoms with van der Waals surface area (Å²) in [6, 6.07) is 2.73. The van der Waals surface area contributed by atoms with Crippen molar-refractivity contribution < 1.29 is 0 Å². The molecule has 0 amide bonds. The fourth-order valence-corrected chi connectivity index (χ4v) is 1.88. The molecule has 2 nitrogen and oxygen atoms in total. The topological polar surface area (TPSA) is 17.0 Å². The number of nitrogens with zero attached hydrogens (tertiary/aromatic N) is 1. The molecule has 0 aliphatic rings. The van der Waals surface area contributed by atoms with E-state index in [1.54, 1.807) is 0 Å². The molecular formula is C14H26N2. The van der Waals surface area contributed by atoms with Gasteiger partial charge in [0, 0.05) is 25.0 Å². The van der Waals surface area contributed by atoms with Gasteiger partial charge in [0.25, 0.3) is 0 Å². The van der Waals surface area contributed by atoms with Gasteiger partial charge >= 0.3 is 0 Å². The van der Waals surface area contributed by atoms with Crippen LogP contribution in [0.25, 0.3) is 0 Å². The second-order valence-corrected chi connectivity index (χ2v) is 5.74. The molecule has 1 aromatic heterocycles. The highest BCUT2D eigenvalue weighted by molar-refractivity contribution is 5.15. The van der Waals surface area contributed by atoms with Crippen LogP contribution in [0.5, 0.6) is 0 Å². The summed E-state index contributed by atoms with van der Waals surface area (Å²) < 4.78 is 2.31. The van der Waals surface area contributed by atoms with E-state index in [1.165, 1.54) is 12.0 Å². The van der Waals surface area contributed by atoms with Crippen LogP contribution >= 0.6 is 0 Å². The molecular weight excluding hydrogens is 196 g/mol. The Hall–Kier alpha value is -0.760. The van der Waals surface area contributed by atoms with Gasteiger partial charge in [-0.1, -0.05) is 27.7 Å². The number of aryl methyl sites for hydroxylation is 1. The molecule has 92 valence electrons. The van der Waals surface area contributed by atoms with Crippen LogP contribution in [0.15, 0.2) is 18.5 Å². The molecule has 0 radical (unpaired) electrons. The fraction of sp³-hybridized carbons (Fsp3) is 0.714. The lowest BCUT2D eigenvalue weighted by atomic mass is 9.92. The molecule has 0 aromatic carbocycles. The lowest BCUT2D eigenvalue weighted by Crippen LogP contribution is -2.14. The lowest BCUT2D eigenvalue weighted by Gasteiger charge is -2.18. The molecule has 1 heterocycles. The van der Waals surface area contributed by atoms with Crippen molar-refractivity contribution in [2.45, 2.75) is 53.1 Å². The zero-order valence-electron chi connectivity index (χ0n) is 11.4. The van der Waals surface area contributed by atoms with Crippen molar-refractivity contribution in [2.75, 3.05) is 7.05 Å². The molecule has 0 bridgehead atoms.